The number of ether oxygens (including phenoxy) is 1. The molecule has 2 aromatic carbocycles. The number of hydrogen-bond acceptors (Lipinski definition) is 3. The topological polar surface area (TPSA) is 41.6 Å². The highest BCUT2D eigenvalue weighted by molar-refractivity contribution is 5.98. The van der Waals surface area contributed by atoms with Crippen molar-refractivity contribution in [2.75, 3.05) is 23.4 Å². The molecule has 0 fully saturated rings. The summed E-state index contributed by atoms with van der Waals surface area (Å²) in [5.41, 5.74) is 1.85. The minimum absolute atomic E-state index is 0.134. The second-order valence-corrected chi connectivity index (χ2v) is 6.77. The number of para-hydroxylation sites is 3. The van der Waals surface area contributed by atoms with Gasteiger partial charge in [0.25, 0.3) is 0 Å². The van der Waals surface area contributed by atoms with Crippen LogP contribution in [0.1, 0.15) is 26.7 Å². The third-order valence-electron chi connectivity index (χ3n) is 4.07. The lowest BCUT2D eigenvalue weighted by atomic mass is 9.99. The summed E-state index contributed by atoms with van der Waals surface area (Å²) in [6, 6.07) is 17.7. The van der Waals surface area contributed by atoms with Crippen LogP contribution in [0.15, 0.2) is 54.6 Å². The minimum Gasteiger partial charge on any atom is -0.494 e. The molecular weight excluding hydrogens is 300 g/mol. The summed E-state index contributed by atoms with van der Waals surface area (Å²) < 4.78 is 5.67. The van der Waals surface area contributed by atoms with E-state index in [2.05, 4.69) is 19.2 Å². The first-order valence-electron chi connectivity index (χ1n) is 8.41. The van der Waals surface area contributed by atoms with Gasteiger partial charge in [0.1, 0.15) is 5.75 Å². The largest absolute Gasteiger partial charge is 0.494 e. The zero-order chi connectivity index (χ0) is 17.0. The molecule has 1 heterocycles. The van der Waals surface area contributed by atoms with Crippen molar-refractivity contribution in [3.05, 3.63) is 54.6 Å². The maximum absolute atomic E-state index is 12.7. The van der Waals surface area contributed by atoms with E-state index in [4.69, 9.17) is 4.74 Å². The second kappa shape index (κ2) is 6.95. The molecule has 3 rings (SSSR count). The summed E-state index contributed by atoms with van der Waals surface area (Å²) >= 11 is 0. The number of hydrogen-bond donors (Lipinski definition) is 1. The van der Waals surface area contributed by atoms with Crippen LogP contribution >= 0.6 is 0 Å². The summed E-state index contributed by atoms with van der Waals surface area (Å²) in [4.78, 5) is 14.6. The number of carbonyl (C=O) groups excluding carboxylic acids is 1. The van der Waals surface area contributed by atoms with Gasteiger partial charge in [-0.25, -0.2) is 0 Å². The predicted molar refractivity (Wildman–Crippen MR) is 97.7 cm³/mol. The molecule has 0 bridgehead atoms. The minimum atomic E-state index is -0.134. The van der Waals surface area contributed by atoms with Gasteiger partial charge in [-0.3, -0.25) is 4.79 Å². The van der Waals surface area contributed by atoms with Crippen molar-refractivity contribution < 1.29 is 9.53 Å². The van der Waals surface area contributed by atoms with Gasteiger partial charge in [0, 0.05) is 18.5 Å². The summed E-state index contributed by atoms with van der Waals surface area (Å²) in [7, 11) is 0. The first-order valence-corrected chi connectivity index (χ1v) is 8.41. The Kier molecular flexibility index (Phi) is 4.74. The summed E-state index contributed by atoms with van der Waals surface area (Å²) in [6.07, 6.45) is 1.19. The first kappa shape index (κ1) is 16.4. The van der Waals surface area contributed by atoms with E-state index in [1.165, 1.54) is 0 Å². The molecular formula is C20H24N2O2. The zero-order valence-corrected chi connectivity index (χ0v) is 14.3. The molecule has 1 N–H and O–H groups in total. The highest BCUT2D eigenvalue weighted by atomic mass is 16.5. The standard InChI is InChI=1S/C20H24N2O2/c1-20(2)15-22(18-12-7-6-11-17(18)21-20)19(23)13-8-14-24-16-9-4-3-5-10-16/h3-7,9-12,21H,8,13-15H2,1-2H3. The van der Waals surface area contributed by atoms with Crippen molar-refractivity contribution >= 4 is 17.3 Å². The maximum atomic E-state index is 12.7. The molecule has 0 spiro atoms. The van der Waals surface area contributed by atoms with E-state index in [1.807, 2.05) is 59.5 Å². The van der Waals surface area contributed by atoms with E-state index in [0.717, 1.165) is 17.1 Å². The molecule has 0 radical (unpaired) electrons. The van der Waals surface area contributed by atoms with E-state index >= 15 is 0 Å². The Balaban J connectivity index is 1.58. The average molecular weight is 324 g/mol. The van der Waals surface area contributed by atoms with E-state index in [9.17, 15) is 4.79 Å². The van der Waals surface area contributed by atoms with Crippen LogP contribution in [0.5, 0.6) is 5.75 Å². The van der Waals surface area contributed by atoms with Gasteiger partial charge >= 0.3 is 0 Å². The molecule has 0 aliphatic carbocycles. The molecule has 0 saturated heterocycles. The van der Waals surface area contributed by atoms with E-state index in [-0.39, 0.29) is 11.4 Å². The Labute approximate surface area is 143 Å². The number of rotatable bonds is 5. The van der Waals surface area contributed by atoms with Gasteiger partial charge < -0.3 is 15.0 Å². The molecule has 1 amide bonds. The average Bonchev–Trinajstić information content (AvgIpc) is 2.58. The smallest absolute Gasteiger partial charge is 0.227 e. The van der Waals surface area contributed by atoms with Gasteiger partial charge in [0.15, 0.2) is 0 Å². The molecule has 0 saturated carbocycles. The van der Waals surface area contributed by atoms with Gasteiger partial charge in [-0.05, 0) is 44.5 Å². The zero-order valence-electron chi connectivity index (χ0n) is 14.3. The molecule has 2 aromatic rings. The molecule has 1 aliphatic rings. The van der Waals surface area contributed by atoms with E-state index < -0.39 is 0 Å². The van der Waals surface area contributed by atoms with Crippen molar-refractivity contribution in [3.8, 4) is 5.75 Å². The number of fused-ring (bicyclic) bond motifs is 1. The number of anilines is 2. The summed E-state index contributed by atoms with van der Waals surface area (Å²) in [5.74, 6) is 0.993. The van der Waals surface area contributed by atoms with E-state index in [0.29, 0.717) is 26.0 Å². The molecule has 4 heteroatoms. The third-order valence-corrected chi connectivity index (χ3v) is 4.07. The monoisotopic (exact) mass is 324 g/mol. The van der Waals surface area contributed by atoms with Crippen LogP contribution in [-0.2, 0) is 4.79 Å². The molecule has 24 heavy (non-hydrogen) atoms. The third kappa shape index (κ3) is 3.88. The number of nitrogens with zero attached hydrogens (tertiary/aromatic N) is 1. The molecule has 0 aromatic heterocycles. The van der Waals surface area contributed by atoms with Gasteiger partial charge in [-0.2, -0.15) is 0 Å². The Morgan fingerprint density at radius 2 is 1.83 bits per heavy atom. The molecule has 0 unspecified atom stereocenters. The predicted octanol–water partition coefficient (Wildman–Crippen LogP) is 4.08. The lowest BCUT2D eigenvalue weighted by Gasteiger charge is -2.41. The van der Waals surface area contributed by atoms with E-state index in [1.54, 1.807) is 0 Å². The molecule has 126 valence electrons. The molecule has 4 nitrogen and oxygen atoms in total. The van der Waals surface area contributed by atoms with Crippen LogP contribution in [0.4, 0.5) is 11.4 Å². The highest BCUT2D eigenvalue weighted by Crippen LogP contribution is 2.34. The number of benzene rings is 2. The highest BCUT2D eigenvalue weighted by Gasteiger charge is 2.32. The van der Waals surface area contributed by atoms with Crippen molar-refractivity contribution in [1.82, 2.24) is 0 Å². The lowest BCUT2D eigenvalue weighted by Crippen LogP contribution is -2.50. The van der Waals surface area contributed by atoms with Crippen LogP contribution in [0.3, 0.4) is 0 Å². The SMILES string of the molecule is CC1(C)CN(C(=O)CCCOc2ccccc2)c2ccccc2N1. The van der Waals surface area contributed by atoms with Crippen molar-refractivity contribution in [2.24, 2.45) is 0 Å². The van der Waals surface area contributed by atoms with Gasteiger partial charge in [0.05, 0.1) is 18.0 Å². The van der Waals surface area contributed by atoms with Crippen LogP contribution < -0.4 is 15.0 Å². The van der Waals surface area contributed by atoms with Crippen LogP contribution in [0.2, 0.25) is 0 Å². The van der Waals surface area contributed by atoms with Gasteiger partial charge in [-0.15, -0.1) is 0 Å². The van der Waals surface area contributed by atoms with Crippen LogP contribution in [-0.4, -0.2) is 24.6 Å². The lowest BCUT2D eigenvalue weighted by molar-refractivity contribution is -0.119. The fraction of sp³-hybridized carbons (Fsp3) is 0.350. The molecule has 1 aliphatic heterocycles. The Morgan fingerprint density at radius 3 is 2.62 bits per heavy atom. The maximum Gasteiger partial charge on any atom is 0.227 e. The Hall–Kier alpha value is -2.49. The molecule has 0 atom stereocenters. The quantitative estimate of drug-likeness (QED) is 0.843. The Morgan fingerprint density at radius 1 is 1.12 bits per heavy atom. The van der Waals surface area contributed by atoms with Crippen molar-refractivity contribution in [1.29, 1.82) is 0 Å². The van der Waals surface area contributed by atoms with Crippen LogP contribution in [0, 0.1) is 0 Å². The van der Waals surface area contributed by atoms with Gasteiger partial charge in [0.2, 0.25) is 5.91 Å². The Bertz CT molecular complexity index is 698. The van der Waals surface area contributed by atoms with Gasteiger partial charge in [-0.1, -0.05) is 30.3 Å². The second-order valence-electron chi connectivity index (χ2n) is 6.77. The fourth-order valence-corrected chi connectivity index (χ4v) is 2.99. The van der Waals surface area contributed by atoms with Crippen molar-refractivity contribution in [3.63, 3.8) is 0 Å². The summed E-state index contributed by atoms with van der Waals surface area (Å²) in [6.45, 7) is 5.44. The number of carbonyl (C=O) groups is 1. The normalized spacial score (nSPS) is 15.3. The number of amides is 1. The number of nitrogens with one attached hydrogen (secondary N) is 1. The van der Waals surface area contributed by atoms with Crippen molar-refractivity contribution in [2.45, 2.75) is 32.2 Å². The van der Waals surface area contributed by atoms with Crippen LogP contribution in [0.25, 0.3) is 0 Å². The summed E-state index contributed by atoms with van der Waals surface area (Å²) in [5, 5.41) is 3.49. The first-order chi connectivity index (χ1) is 11.6. The fourth-order valence-electron chi connectivity index (χ4n) is 2.99.